The summed E-state index contributed by atoms with van der Waals surface area (Å²) in [5.74, 6) is 1.43. The molecule has 0 N–H and O–H groups in total. The third-order valence-electron chi connectivity index (χ3n) is 7.12. The van der Waals surface area contributed by atoms with Crippen LogP contribution < -0.4 is 4.74 Å². The number of likely N-dealkylation sites (tertiary alicyclic amines) is 1. The van der Waals surface area contributed by atoms with E-state index in [1.54, 1.807) is 7.11 Å². The molecule has 2 heterocycles. The van der Waals surface area contributed by atoms with Crippen molar-refractivity contribution < 1.29 is 14.3 Å². The summed E-state index contributed by atoms with van der Waals surface area (Å²) in [4.78, 5) is 17.7. The Morgan fingerprint density at radius 1 is 1.15 bits per heavy atom. The molecule has 1 saturated carbocycles. The summed E-state index contributed by atoms with van der Waals surface area (Å²) in [7, 11) is 1.76. The fraction of sp³-hybridized carbons (Fsp3) is 0.519. The highest BCUT2D eigenvalue weighted by molar-refractivity contribution is 6.30. The largest absolute Gasteiger partial charge is 0.489 e. The normalized spacial score (nSPS) is 27.2. The van der Waals surface area contributed by atoms with Crippen LogP contribution in [-0.2, 0) is 9.53 Å². The number of rotatable bonds is 9. The number of allylic oxidation sites excluding steroid dienone is 2. The number of fused-ring (bicyclic) bond motifs is 1. The van der Waals surface area contributed by atoms with Crippen molar-refractivity contribution in [1.29, 1.82) is 0 Å². The van der Waals surface area contributed by atoms with E-state index in [2.05, 4.69) is 28.2 Å². The zero-order valence-electron chi connectivity index (χ0n) is 19.3. The highest BCUT2D eigenvalue weighted by atomic mass is 35.5. The van der Waals surface area contributed by atoms with Crippen molar-refractivity contribution in [3.63, 3.8) is 0 Å². The molecule has 6 heteroatoms. The van der Waals surface area contributed by atoms with Gasteiger partial charge in [0.25, 0.3) is 0 Å². The van der Waals surface area contributed by atoms with Crippen molar-refractivity contribution >= 4 is 17.4 Å². The second kappa shape index (κ2) is 10.0. The number of halogens is 1. The maximum absolute atomic E-state index is 12.9. The van der Waals surface area contributed by atoms with Crippen LogP contribution >= 0.6 is 11.6 Å². The van der Waals surface area contributed by atoms with Crippen LogP contribution in [0.15, 0.2) is 59.8 Å². The molecule has 1 aromatic rings. The first kappa shape index (κ1) is 22.7. The number of piperidine rings is 1. The second-order valence-corrected chi connectivity index (χ2v) is 10.00. The van der Waals surface area contributed by atoms with Crippen LogP contribution in [0.2, 0.25) is 5.02 Å². The van der Waals surface area contributed by atoms with Crippen molar-refractivity contribution in [2.24, 2.45) is 5.92 Å². The molecule has 3 atom stereocenters. The van der Waals surface area contributed by atoms with E-state index in [9.17, 15) is 4.79 Å². The smallest absolute Gasteiger partial charge is 0.167 e. The summed E-state index contributed by atoms with van der Waals surface area (Å²) >= 11 is 5.99. The predicted octanol–water partition coefficient (Wildman–Crippen LogP) is 4.63. The summed E-state index contributed by atoms with van der Waals surface area (Å²) in [6.07, 6.45) is 13.9. The zero-order chi connectivity index (χ0) is 22.8. The highest BCUT2D eigenvalue weighted by Crippen LogP contribution is 2.40. The van der Waals surface area contributed by atoms with Crippen molar-refractivity contribution in [3.05, 3.63) is 64.9 Å². The Kier molecular flexibility index (Phi) is 6.91. The predicted molar refractivity (Wildman–Crippen MR) is 130 cm³/mol. The van der Waals surface area contributed by atoms with Crippen LogP contribution in [0.3, 0.4) is 0 Å². The molecule has 3 unspecified atom stereocenters. The molecule has 5 nitrogen and oxygen atoms in total. The molecule has 0 amide bonds. The van der Waals surface area contributed by atoms with Crippen LogP contribution in [0.4, 0.5) is 0 Å². The molecule has 0 spiro atoms. The molecule has 2 aliphatic heterocycles. The van der Waals surface area contributed by atoms with Crippen LogP contribution in [0, 0.1) is 5.92 Å². The lowest BCUT2D eigenvalue weighted by molar-refractivity contribution is -0.116. The zero-order valence-corrected chi connectivity index (χ0v) is 20.0. The van der Waals surface area contributed by atoms with Crippen LogP contribution in [0.1, 0.15) is 32.1 Å². The average Bonchev–Trinajstić information content (AvgIpc) is 3.62. The Balaban J connectivity index is 1.17. The first-order valence-corrected chi connectivity index (χ1v) is 12.6. The van der Waals surface area contributed by atoms with Crippen LogP contribution in [-0.4, -0.2) is 67.1 Å². The van der Waals surface area contributed by atoms with Gasteiger partial charge in [-0.1, -0.05) is 29.8 Å². The minimum Gasteiger partial charge on any atom is -0.489 e. The monoisotopic (exact) mass is 468 g/mol. The topological polar surface area (TPSA) is 42.0 Å². The molecule has 0 aromatic heterocycles. The summed E-state index contributed by atoms with van der Waals surface area (Å²) in [6, 6.07) is 7.74. The first-order valence-electron chi connectivity index (χ1n) is 12.2. The number of Topliss-reactive ketones (excluding diaryl/α,β-unsaturated/α-hetero) is 1. The lowest BCUT2D eigenvalue weighted by Gasteiger charge is -2.35. The number of carbonyl (C=O) groups is 1. The lowest BCUT2D eigenvalue weighted by Crippen LogP contribution is -2.43. The van der Waals surface area contributed by atoms with Crippen molar-refractivity contribution in [2.75, 3.05) is 33.3 Å². The lowest BCUT2D eigenvalue weighted by atomic mass is 9.90. The number of ketones is 1. The van der Waals surface area contributed by atoms with Gasteiger partial charge in [-0.3, -0.25) is 9.69 Å². The van der Waals surface area contributed by atoms with E-state index in [1.165, 1.54) is 0 Å². The van der Waals surface area contributed by atoms with E-state index in [1.807, 2.05) is 30.3 Å². The number of methoxy groups -OCH3 is 1. The highest BCUT2D eigenvalue weighted by Gasteiger charge is 2.42. The molecular formula is C27H33ClN2O3. The maximum atomic E-state index is 12.9. The molecule has 5 rings (SSSR count). The number of hydrogen-bond donors (Lipinski definition) is 0. The summed E-state index contributed by atoms with van der Waals surface area (Å²) in [6.45, 7) is 3.99. The Morgan fingerprint density at radius 2 is 1.97 bits per heavy atom. The minimum absolute atomic E-state index is 0.0158. The maximum Gasteiger partial charge on any atom is 0.167 e. The summed E-state index contributed by atoms with van der Waals surface area (Å²) < 4.78 is 12.0. The number of benzene rings is 1. The molecule has 0 radical (unpaired) electrons. The van der Waals surface area contributed by atoms with Gasteiger partial charge in [-0.25, -0.2) is 0 Å². The van der Waals surface area contributed by atoms with Gasteiger partial charge < -0.3 is 14.4 Å². The summed E-state index contributed by atoms with van der Waals surface area (Å²) in [5, 5.41) is 0.729. The SMILES string of the molecule is COC1C=CC=C2C(C(=O)C3CC3)=CN(CCCN3CCCC(Oc4ccc(Cl)cc4)C3)C21. The fourth-order valence-corrected chi connectivity index (χ4v) is 5.39. The van der Waals surface area contributed by atoms with Gasteiger partial charge in [0.05, 0.1) is 12.1 Å². The Morgan fingerprint density at radius 3 is 2.73 bits per heavy atom. The number of carbonyl (C=O) groups excluding carboxylic acids is 1. The van der Waals surface area contributed by atoms with E-state index >= 15 is 0 Å². The molecular weight excluding hydrogens is 436 g/mol. The second-order valence-electron chi connectivity index (χ2n) is 9.56. The standard InChI is InChI=1S/C27H33ClN2O3/c1-32-25-7-2-6-23-24(27(31)19-8-9-19)18-30(26(23)25)16-4-15-29-14-3-5-22(17-29)33-21-12-10-20(28)11-13-21/h2,6-7,10-13,18-19,22,25-26H,3-5,8-9,14-17H2,1H3. The van der Waals surface area contributed by atoms with Gasteiger partial charge in [-0.05, 0) is 75.0 Å². The van der Waals surface area contributed by atoms with Crippen molar-refractivity contribution in [1.82, 2.24) is 9.80 Å². The van der Waals surface area contributed by atoms with Gasteiger partial charge >= 0.3 is 0 Å². The third-order valence-corrected chi connectivity index (χ3v) is 7.38. The van der Waals surface area contributed by atoms with Gasteiger partial charge in [0, 0.05) is 42.9 Å². The van der Waals surface area contributed by atoms with Crippen LogP contribution in [0.5, 0.6) is 5.75 Å². The van der Waals surface area contributed by atoms with E-state index < -0.39 is 0 Å². The number of ether oxygens (including phenoxy) is 2. The molecule has 0 bridgehead atoms. The Hall–Kier alpha value is -2.08. The Bertz CT molecular complexity index is 951. The molecule has 176 valence electrons. The molecule has 33 heavy (non-hydrogen) atoms. The fourth-order valence-electron chi connectivity index (χ4n) is 5.26. The van der Waals surface area contributed by atoms with Gasteiger partial charge in [0.1, 0.15) is 11.9 Å². The van der Waals surface area contributed by atoms with E-state index in [0.717, 1.165) is 80.2 Å². The van der Waals surface area contributed by atoms with Crippen LogP contribution in [0.25, 0.3) is 0 Å². The average molecular weight is 469 g/mol. The van der Waals surface area contributed by atoms with Gasteiger partial charge in [0.15, 0.2) is 5.78 Å². The van der Waals surface area contributed by atoms with Crippen molar-refractivity contribution in [3.8, 4) is 5.75 Å². The molecule has 4 aliphatic rings. The quantitative estimate of drug-likeness (QED) is 0.528. The van der Waals surface area contributed by atoms with E-state index in [0.29, 0.717) is 5.78 Å². The minimum atomic E-state index is -0.0158. The van der Waals surface area contributed by atoms with Gasteiger partial charge in [-0.2, -0.15) is 0 Å². The van der Waals surface area contributed by atoms with E-state index in [-0.39, 0.29) is 24.2 Å². The Labute approximate surface area is 201 Å². The first-order chi connectivity index (χ1) is 16.1. The van der Waals surface area contributed by atoms with Crippen molar-refractivity contribution in [2.45, 2.75) is 50.4 Å². The molecule has 1 saturated heterocycles. The molecule has 2 fully saturated rings. The van der Waals surface area contributed by atoms with Gasteiger partial charge in [-0.15, -0.1) is 0 Å². The number of nitrogens with zero attached hydrogens (tertiary/aromatic N) is 2. The number of hydrogen-bond acceptors (Lipinski definition) is 5. The molecule has 2 aliphatic carbocycles. The molecule has 1 aromatic carbocycles. The van der Waals surface area contributed by atoms with Gasteiger partial charge in [0.2, 0.25) is 0 Å². The summed E-state index contributed by atoms with van der Waals surface area (Å²) in [5.41, 5.74) is 2.04. The third kappa shape index (κ3) is 5.21. The van der Waals surface area contributed by atoms with E-state index in [4.69, 9.17) is 21.1 Å².